The lowest BCUT2D eigenvalue weighted by Gasteiger charge is -2.13. The lowest BCUT2D eigenvalue weighted by Crippen LogP contribution is -2.24. The number of phenols is 1. The molecular formula is C17H16O4. The molecule has 2 aromatic carbocycles. The summed E-state index contributed by atoms with van der Waals surface area (Å²) in [5.41, 5.74) is 1.11. The minimum absolute atomic E-state index is 0.0581. The van der Waals surface area contributed by atoms with Gasteiger partial charge in [0, 0.05) is 5.56 Å². The van der Waals surface area contributed by atoms with Gasteiger partial charge >= 0.3 is 5.97 Å². The van der Waals surface area contributed by atoms with Crippen molar-refractivity contribution in [1.82, 2.24) is 0 Å². The number of Topliss-reactive ketones (excluding diaryl/α,β-unsaturated/α-hetero) is 1. The third-order valence-electron chi connectivity index (χ3n) is 3.17. The van der Waals surface area contributed by atoms with Crippen molar-refractivity contribution in [1.29, 1.82) is 0 Å². The van der Waals surface area contributed by atoms with Crippen LogP contribution in [0.4, 0.5) is 0 Å². The van der Waals surface area contributed by atoms with Gasteiger partial charge < -0.3 is 9.84 Å². The molecule has 1 atom stereocenters. The highest BCUT2D eigenvalue weighted by atomic mass is 16.5. The fraction of sp³-hybridized carbons (Fsp3) is 0.176. The van der Waals surface area contributed by atoms with Crippen LogP contribution >= 0.6 is 0 Å². The van der Waals surface area contributed by atoms with Gasteiger partial charge in [-0.15, -0.1) is 0 Å². The first kappa shape index (κ1) is 14.8. The predicted molar refractivity (Wildman–Crippen MR) is 78.5 cm³/mol. The van der Waals surface area contributed by atoms with Crippen LogP contribution in [0.5, 0.6) is 5.75 Å². The summed E-state index contributed by atoms with van der Waals surface area (Å²) in [6.07, 6.45) is -0.917. The van der Waals surface area contributed by atoms with Crippen molar-refractivity contribution in [3.05, 3.63) is 65.2 Å². The number of ketones is 1. The molecule has 21 heavy (non-hydrogen) atoms. The van der Waals surface area contributed by atoms with Crippen LogP contribution in [-0.4, -0.2) is 23.0 Å². The van der Waals surface area contributed by atoms with Gasteiger partial charge in [0.1, 0.15) is 11.3 Å². The maximum Gasteiger partial charge on any atom is 0.342 e. The zero-order chi connectivity index (χ0) is 15.4. The summed E-state index contributed by atoms with van der Waals surface area (Å²) in [6.45, 7) is 3.20. The molecule has 2 rings (SSSR count). The number of carbonyl (C=O) groups excluding carboxylic acids is 2. The van der Waals surface area contributed by atoms with Crippen molar-refractivity contribution in [2.45, 2.75) is 20.0 Å². The van der Waals surface area contributed by atoms with E-state index < -0.39 is 12.1 Å². The molecule has 0 amide bonds. The van der Waals surface area contributed by atoms with Crippen molar-refractivity contribution < 1.29 is 19.4 Å². The molecular weight excluding hydrogens is 268 g/mol. The van der Waals surface area contributed by atoms with Crippen LogP contribution in [0.25, 0.3) is 0 Å². The first-order chi connectivity index (χ1) is 10.0. The number of hydrogen-bond donors (Lipinski definition) is 1. The first-order valence-corrected chi connectivity index (χ1v) is 6.59. The van der Waals surface area contributed by atoms with Gasteiger partial charge in [-0.25, -0.2) is 4.79 Å². The topological polar surface area (TPSA) is 63.6 Å². The third-order valence-corrected chi connectivity index (χ3v) is 3.17. The molecule has 4 heteroatoms. The Morgan fingerprint density at radius 1 is 1.05 bits per heavy atom. The zero-order valence-corrected chi connectivity index (χ0v) is 11.9. The minimum Gasteiger partial charge on any atom is -0.507 e. The average Bonchev–Trinajstić information content (AvgIpc) is 2.50. The van der Waals surface area contributed by atoms with Crippen LogP contribution in [0.1, 0.15) is 33.2 Å². The fourth-order valence-electron chi connectivity index (χ4n) is 1.94. The van der Waals surface area contributed by atoms with E-state index in [0.717, 1.165) is 0 Å². The lowest BCUT2D eigenvalue weighted by atomic mass is 10.1. The van der Waals surface area contributed by atoms with Gasteiger partial charge in [-0.1, -0.05) is 42.5 Å². The summed E-state index contributed by atoms with van der Waals surface area (Å²) in [4.78, 5) is 24.2. The second-order valence-corrected chi connectivity index (χ2v) is 4.75. The fourth-order valence-corrected chi connectivity index (χ4v) is 1.94. The summed E-state index contributed by atoms with van der Waals surface area (Å²) >= 11 is 0. The summed E-state index contributed by atoms with van der Waals surface area (Å²) in [6, 6.07) is 13.4. The van der Waals surface area contributed by atoms with Gasteiger partial charge in [-0.2, -0.15) is 0 Å². The molecule has 0 heterocycles. The highest BCUT2D eigenvalue weighted by Gasteiger charge is 2.22. The van der Waals surface area contributed by atoms with E-state index in [1.54, 1.807) is 49.4 Å². The van der Waals surface area contributed by atoms with Crippen LogP contribution in [0.3, 0.4) is 0 Å². The Labute approximate surface area is 123 Å². The Kier molecular flexibility index (Phi) is 4.38. The Morgan fingerprint density at radius 3 is 2.38 bits per heavy atom. The molecule has 0 bridgehead atoms. The number of hydrogen-bond acceptors (Lipinski definition) is 4. The van der Waals surface area contributed by atoms with E-state index in [4.69, 9.17) is 4.74 Å². The molecule has 0 aliphatic heterocycles. The van der Waals surface area contributed by atoms with Crippen LogP contribution in [-0.2, 0) is 4.74 Å². The van der Waals surface area contributed by atoms with Crippen LogP contribution in [0, 0.1) is 6.92 Å². The number of carbonyl (C=O) groups is 2. The number of ether oxygens (including phenoxy) is 1. The molecule has 4 nitrogen and oxygen atoms in total. The lowest BCUT2D eigenvalue weighted by molar-refractivity contribution is 0.0316. The number of aromatic hydroxyl groups is 1. The van der Waals surface area contributed by atoms with Crippen LogP contribution in [0.15, 0.2) is 48.5 Å². The van der Waals surface area contributed by atoms with Crippen molar-refractivity contribution in [2.24, 2.45) is 0 Å². The second kappa shape index (κ2) is 6.22. The number of esters is 1. The highest BCUT2D eigenvalue weighted by Crippen LogP contribution is 2.22. The number of aryl methyl sites for hydroxylation is 1. The van der Waals surface area contributed by atoms with Gasteiger partial charge in [0.25, 0.3) is 0 Å². The molecule has 0 radical (unpaired) electrons. The Hall–Kier alpha value is -2.62. The standard InChI is InChI=1S/C17H16O4/c1-11-7-6-10-14(15(11)18)17(20)21-12(2)16(19)13-8-4-3-5-9-13/h3-10,12,18H,1-2H3. The first-order valence-electron chi connectivity index (χ1n) is 6.59. The average molecular weight is 284 g/mol. The van der Waals surface area contributed by atoms with Gasteiger partial charge in [0.05, 0.1) is 0 Å². The van der Waals surface area contributed by atoms with E-state index in [0.29, 0.717) is 11.1 Å². The van der Waals surface area contributed by atoms with Crippen LogP contribution < -0.4 is 0 Å². The predicted octanol–water partition coefficient (Wildman–Crippen LogP) is 3.13. The third kappa shape index (κ3) is 3.28. The quantitative estimate of drug-likeness (QED) is 0.692. The molecule has 2 aromatic rings. The minimum atomic E-state index is -0.917. The van der Waals surface area contributed by atoms with E-state index in [2.05, 4.69) is 0 Å². The van der Waals surface area contributed by atoms with E-state index in [-0.39, 0.29) is 17.1 Å². The number of para-hydroxylation sites is 1. The van der Waals surface area contributed by atoms with Crippen molar-refractivity contribution in [2.75, 3.05) is 0 Å². The zero-order valence-electron chi connectivity index (χ0n) is 11.9. The van der Waals surface area contributed by atoms with Gasteiger partial charge in [0.2, 0.25) is 5.78 Å². The summed E-state index contributed by atoms with van der Waals surface area (Å²) < 4.78 is 5.14. The largest absolute Gasteiger partial charge is 0.507 e. The molecule has 0 saturated heterocycles. The number of rotatable bonds is 4. The summed E-state index contributed by atoms with van der Waals surface area (Å²) in [5, 5.41) is 9.85. The Bertz CT molecular complexity index is 662. The van der Waals surface area contributed by atoms with Crippen molar-refractivity contribution >= 4 is 11.8 Å². The normalized spacial score (nSPS) is 11.7. The van der Waals surface area contributed by atoms with Crippen molar-refractivity contribution in [3.63, 3.8) is 0 Å². The smallest absolute Gasteiger partial charge is 0.342 e. The molecule has 0 aliphatic carbocycles. The van der Waals surface area contributed by atoms with E-state index >= 15 is 0 Å². The summed E-state index contributed by atoms with van der Waals surface area (Å²) in [5.74, 6) is -1.12. The molecule has 1 N–H and O–H groups in total. The maximum absolute atomic E-state index is 12.1. The van der Waals surface area contributed by atoms with Crippen molar-refractivity contribution in [3.8, 4) is 5.75 Å². The highest BCUT2D eigenvalue weighted by molar-refractivity contribution is 6.01. The second-order valence-electron chi connectivity index (χ2n) is 4.75. The van der Waals surface area contributed by atoms with E-state index in [1.165, 1.54) is 13.0 Å². The monoisotopic (exact) mass is 284 g/mol. The van der Waals surface area contributed by atoms with E-state index in [9.17, 15) is 14.7 Å². The van der Waals surface area contributed by atoms with Gasteiger partial charge in [0.15, 0.2) is 6.10 Å². The molecule has 0 saturated carbocycles. The van der Waals surface area contributed by atoms with E-state index in [1.807, 2.05) is 0 Å². The summed E-state index contributed by atoms with van der Waals surface area (Å²) in [7, 11) is 0. The van der Waals surface area contributed by atoms with Gasteiger partial charge in [-0.3, -0.25) is 4.79 Å². The Balaban J connectivity index is 2.12. The number of benzene rings is 2. The molecule has 0 spiro atoms. The molecule has 108 valence electrons. The molecule has 1 unspecified atom stereocenters. The molecule has 0 aromatic heterocycles. The van der Waals surface area contributed by atoms with Crippen LogP contribution in [0.2, 0.25) is 0 Å². The Morgan fingerprint density at radius 2 is 1.71 bits per heavy atom. The maximum atomic E-state index is 12.1. The number of phenolic OH excluding ortho intramolecular Hbond substituents is 1. The SMILES string of the molecule is Cc1cccc(C(=O)OC(C)C(=O)c2ccccc2)c1O. The van der Waals surface area contributed by atoms with Gasteiger partial charge in [-0.05, 0) is 25.5 Å². The molecule has 0 aliphatic rings. The molecule has 0 fully saturated rings.